The summed E-state index contributed by atoms with van der Waals surface area (Å²) in [5, 5.41) is 0. The molecular formula is C33H63IN2O4. The highest BCUT2D eigenvalue weighted by molar-refractivity contribution is 5.69. The van der Waals surface area contributed by atoms with Gasteiger partial charge in [0.05, 0.1) is 38.5 Å². The number of halogens is 1. The van der Waals surface area contributed by atoms with Crippen LogP contribution in [0.2, 0.25) is 0 Å². The number of imidazole rings is 1. The molecular weight excluding hydrogens is 615 g/mol. The molecule has 1 rings (SSSR count). The Kier molecular flexibility index (Phi) is 28.0. The minimum atomic E-state index is -0.0997. The van der Waals surface area contributed by atoms with E-state index < -0.39 is 0 Å². The van der Waals surface area contributed by atoms with Gasteiger partial charge in [-0.15, -0.1) is 0 Å². The Morgan fingerprint density at radius 2 is 1.40 bits per heavy atom. The van der Waals surface area contributed by atoms with Crippen molar-refractivity contribution in [3.63, 3.8) is 0 Å². The molecule has 6 nitrogen and oxygen atoms in total. The fourth-order valence-corrected chi connectivity index (χ4v) is 5.06. The summed E-state index contributed by atoms with van der Waals surface area (Å²) in [6, 6.07) is 0. The summed E-state index contributed by atoms with van der Waals surface area (Å²) in [7, 11) is 0. The van der Waals surface area contributed by atoms with Gasteiger partial charge in [-0.3, -0.25) is 4.79 Å². The van der Waals surface area contributed by atoms with Crippen molar-refractivity contribution < 1.29 is 47.5 Å². The van der Waals surface area contributed by atoms with E-state index in [0.29, 0.717) is 26.2 Å². The monoisotopic (exact) mass is 678 g/mol. The number of ether oxygens (including phenoxy) is 3. The van der Waals surface area contributed by atoms with Crippen molar-refractivity contribution >= 4 is 5.97 Å². The van der Waals surface area contributed by atoms with Gasteiger partial charge in [-0.05, 0) is 40.0 Å². The van der Waals surface area contributed by atoms with Gasteiger partial charge in [-0.2, -0.15) is 0 Å². The fourth-order valence-electron chi connectivity index (χ4n) is 5.06. The molecule has 236 valence electrons. The van der Waals surface area contributed by atoms with Gasteiger partial charge in [0.2, 0.25) is 6.33 Å². The molecule has 0 N–H and O–H groups in total. The molecule has 1 aromatic heterocycles. The highest BCUT2D eigenvalue weighted by atomic mass is 127. The summed E-state index contributed by atoms with van der Waals surface area (Å²) in [5.74, 6) is -0.0997. The van der Waals surface area contributed by atoms with Crippen LogP contribution in [0.1, 0.15) is 143 Å². The minimum Gasteiger partial charge on any atom is -1.00 e. The Morgan fingerprint density at radius 1 is 0.775 bits per heavy atom. The van der Waals surface area contributed by atoms with E-state index in [-0.39, 0.29) is 42.2 Å². The van der Waals surface area contributed by atoms with Crippen LogP contribution in [0.4, 0.5) is 0 Å². The second-order valence-electron chi connectivity index (χ2n) is 11.1. The molecule has 0 aliphatic heterocycles. The molecule has 2 atom stereocenters. The lowest BCUT2D eigenvalue weighted by molar-refractivity contribution is -0.696. The first-order chi connectivity index (χ1) is 19.1. The van der Waals surface area contributed by atoms with Crippen molar-refractivity contribution in [1.82, 2.24) is 4.57 Å². The Balaban J connectivity index is 0.0000152. The highest BCUT2D eigenvalue weighted by Gasteiger charge is 2.18. The average molecular weight is 679 g/mol. The molecule has 0 aromatic carbocycles. The van der Waals surface area contributed by atoms with Gasteiger partial charge in [0, 0.05) is 19.4 Å². The van der Waals surface area contributed by atoms with Gasteiger partial charge in [0.25, 0.3) is 0 Å². The molecule has 0 aliphatic carbocycles. The first-order valence-corrected chi connectivity index (χ1v) is 16.5. The maximum Gasteiger partial charge on any atom is 0.305 e. The number of aromatic nitrogens is 2. The molecule has 0 fully saturated rings. The van der Waals surface area contributed by atoms with Crippen LogP contribution in [0, 0.1) is 0 Å². The second kappa shape index (κ2) is 28.4. The van der Waals surface area contributed by atoms with Crippen molar-refractivity contribution in [2.45, 2.75) is 169 Å². The molecule has 0 saturated carbocycles. The third kappa shape index (κ3) is 22.0. The molecule has 0 bridgehead atoms. The van der Waals surface area contributed by atoms with Gasteiger partial charge >= 0.3 is 5.97 Å². The zero-order chi connectivity index (χ0) is 28.4. The first kappa shape index (κ1) is 39.3. The minimum absolute atomic E-state index is 0. The summed E-state index contributed by atoms with van der Waals surface area (Å²) in [5.41, 5.74) is 0. The van der Waals surface area contributed by atoms with Gasteiger partial charge in [0.1, 0.15) is 12.4 Å². The van der Waals surface area contributed by atoms with E-state index in [1.54, 1.807) is 0 Å². The molecule has 2 unspecified atom stereocenters. The summed E-state index contributed by atoms with van der Waals surface area (Å²) in [6.07, 6.45) is 28.4. The second-order valence-corrected chi connectivity index (χ2v) is 11.1. The average Bonchev–Trinajstić information content (AvgIpc) is 3.40. The Labute approximate surface area is 264 Å². The van der Waals surface area contributed by atoms with Crippen LogP contribution < -0.4 is 28.5 Å². The van der Waals surface area contributed by atoms with E-state index in [0.717, 1.165) is 38.8 Å². The number of hydrogen-bond acceptors (Lipinski definition) is 4. The Bertz CT molecular complexity index is 685. The number of esters is 1. The van der Waals surface area contributed by atoms with E-state index in [4.69, 9.17) is 14.2 Å². The molecule has 40 heavy (non-hydrogen) atoms. The quantitative estimate of drug-likeness (QED) is 0.0530. The highest BCUT2D eigenvalue weighted by Crippen LogP contribution is 2.16. The SMILES string of the molecule is CCCCCCCCCCCCCCCC(OCCCOC(=O)CCCC[n+]1ccn(CC)c1)C(C)OCC.[I-]. The maximum atomic E-state index is 12.1. The molecule has 0 saturated heterocycles. The summed E-state index contributed by atoms with van der Waals surface area (Å²) in [6.45, 7) is 12.2. The number of unbranched alkanes of at least 4 members (excludes halogenated alkanes) is 13. The van der Waals surface area contributed by atoms with Gasteiger partial charge in [-0.25, -0.2) is 9.13 Å². The van der Waals surface area contributed by atoms with E-state index >= 15 is 0 Å². The standard InChI is InChI=1S/C33H63N2O4.HI/c1-5-8-9-10-11-12-13-14-15-16-17-18-19-23-32(31(4)37-7-3)38-28-22-29-39-33(36)24-20-21-25-35-27-26-34(6-2)30-35;/h26-27,30-32H,5-25,28-29H2,1-4H3;1H/q+1;/p-1. The lowest BCUT2D eigenvalue weighted by Crippen LogP contribution is -3.00. The summed E-state index contributed by atoms with van der Waals surface area (Å²) < 4.78 is 21.8. The van der Waals surface area contributed by atoms with Crippen LogP contribution in [0.25, 0.3) is 0 Å². The van der Waals surface area contributed by atoms with Crippen molar-refractivity contribution in [1.29, 1.82) is 0 Å². The van der Waals surface area contributed by atoms with Crippen molar-refractivity contribution in [3.8, 4) is 0 Å². The molecule has 0 radical (unpaired) electrons. The fraction of sp³-hybridized carbons (Fsp3) is 0.879. The number of hydrogen-bond donors (Lipinski definition) is 0. The lowest BCUT2D eigenvalue weighted by Gasteiger charge is -2.24. The number of carbonyl (C=O) groups excluding carboxylic acids is 1. The zero-order valence-corrected chi connectivity index (χ0v) is 28.7. The van der Waals surface area contributed by atoms with Gasteiger partial charge in [-0.1, -0.05) is 90.4 Å². The number of aryl methyl sites for hydroxylation is 2. The van der Waals surface area contributed by atoms with E-state index in [1.165, 1.54) is 83.5 Å². The van der Waals surface area contributed by atoms with Crippen LogP contribution >= 0.6 is 0 Å². The summed E-state index contributed by atoms with van der Waals surface area (Å²) in [4.78, 5) is 12.1. The Hall–Kier alpha value is -0.670. The number of carbonyl (C=O) groups is 1. The Morgan fingerprint density at radius 3 is 1.98 bits per heavy atom. The largest absolute Gasteiger partial charge is 1.00 e. The molecule has 1 heterocycles. The van der Waals surface area contributed by atoms with E-state index in [1.807, 2.05) is 6.92 Å². The van der Waals surface area contributed by atoms with E-state index in [9.17, 15) is 4.79 Å². The van der Waals surface area contributed by atoms with Crippen molar-refractivity contribution in [2.75, 3.05) is 19.8 Å². The molecule has 1 aromatic rings. The topological polar surface area (TPSA) is 53.6 Å². The van der Waals surface area contributed by atoms with Gasteiger partial charge in [0.15, 0.2) is 0 Å². The molecule has 0 aliphatic rings. The van der Waals surface area contributed by atoms with Crippen LogP contribution in [0.3, 0.4) is 0 Å². The normalized spacial score (nSPS) is 12.7. The predicted octanol–water partition coefficient (Wildman–Crippen LogP) is 5.19. The summed E-state index contributed by atoms with van der Waals surface area (Å²) >= 11 is 0. The third-order valence-electron chi connectivity index (χ3n) is 7.59. The predicted molar refractivity (Wildman–Crippen MR) is 161 cm³/mol. The number of nitrogens with zero attached hydrogens (tertiary/aromatic N) is 2. The molecule has 0 spiro atoms. The van der Waals surface area contributed by atoms with E-state index in [2.05, 4.69) is 48.6 Å². The van der Waals surface area contributed by atoms with Crippen LogP contribution in [0.15, 0.2) is 18.7 Å². The van der Waals surface area contributed by atoms with Gasteiger partial charge < -0.3 is 38.2 Å². The van der Waals surface area contributed by atoms with Crippen molar-refractivity contribution in [2.24, 2.45) is 0 Å². The number of rotatable bonds is 28. The van der Waals surface area contributed by atoms with Crippen LogP contribution in [-0.4, -0.2) is 42.6 Å². The van der Waals surface area contributed by atoms with Crippen molar-refractivity contribution in [3.05, 3.63) is 18.7 Å². The molecule has 7 heteroatoms. The third-order valence-corrected chi connectivity index (χ3v) is 7.59. The van der Waals surface area contributed by atoms with Crippen LogP contribution in [0.5, 0.6) is 0 Å². The zero-order valence-electron chi connectivity index (χ0n) is 26.6. The smallest absolute Gasteiger partial charge is 0.305 e. The van der Waals surface area contributed by atoms with Crippen LogP contribution in [-0.2, 0) is 32.1 Å². The molecule has 0 amide bonds. The first-order valence-electron chi connectivity index (χ1n) is 16.5. The lowest BCUT2D eigenvalue weighted by atomic mass is 10.0. The maximum absolute atomic E-state index is 12.1.